The summed E-state index contributed by atoms with van der Waals surface area (Å²) in [7, 11) is 1.60. The van der Waals surface area contributed by atoms with Crippen LogP contribution >= 0.6 is 0 Å². The molecule has 10 nitrogen and oxygen atoms in total. The molecule has 0 radical (unpaired) electrons. The molecule has 0 saturated heterocycles. The number of fused-ring (bicyclic) bond motifs is 2. The molecular weight excluding hydrogens is 438 g/mol. The number of rotatable bonds is 6. The third kappa shape index (κ3) is 4.17. The predicted molar refractivity (Wildman–Crippen MR) is 123 cm³/mol. The lowest BCUT2D eigenvalue weighted by atomic mass is 10.1. The number of hydrogen-bond acceptors (Lipinski definition) is 7. The van der Waals surface area contributed by atoms with Crippen molar-refractivity contribution in [1.82, 2.24) is 24.7 Å². The summed E-state index contributed by atoms with van der Waals surface area (Å²) in [4.78, 5) is 25.6. The number of hydrogen-bond donors (Lipinski definition) is 1. The molecule has 1 amide bonds. The Morgan fingerprint density at radius 3 is 2.65 bits per heavy atom. The highest BCUT2D eigenvalue weighted by atomic mass is 16.6. The van der Waals surface area contributed by atoms with E-state index in [4.69, 9.17) is 14.2 Å². The van der Waals surface area contributed by atoms with Gasteiger partial charge in [0.15, 0.2) is 11.5 Å². The first-order valence-corrected chi connectivity index (χ1v) is 10.8. The lowest BCUT2D eigenvalue weighted by molar-refractivity contribution is -0.122. The van der Waals surface area contributed by atoms with Crippen LogP contribution in [-0.2, 0) is 11.3 Å². The Hall–Kier alpha value is -4.34. The van der Waals surface area contributed by atoms with Crippen molar-refractivity contribution in [1.29, 1.82) is 0 Å². The SMILES string of the molecule is COc1ccc(-c2cc3c(=O)n(CC(=O)N[C@@H](C)c4ccc5c(c4)OCCO5)ncn3n2)cc1. The fourth-order valence-corrected chi connectivity index (χ4v) is 3.79. The Labute approximate surface area is 194 Å². The molecule has 10 heteroatoms. The van der Waals surface area contributed by atoms with Crippen LogP contribution in [0.15, 0.2) is 59.7 Å². The van der Waals surface area contributed by atoms with E-state index in [9.17, 15) is 9.59 Å². The summed E-state index contributed by atoms with van der Waals surface area (Å²) in [5.41, 5.74) is 2.25. The zero-order valence-corrected chi connectivity index (χ0v) is 18.7. The molecule has 1 atom stereocenters. The van der Waals surface area contributed by atoms with Crippen molar-refractivity contribution in [2.75, 3.05) is 20.3 Å². The largest absolute Gasteiger partial charge is 0.497 e. The van der Waals surface area contributed by atoms with Gasteiger partial charge in [0.2, 0.25) is 5.91 Å². The van der Waals surface area contributed by atoms with Crippen LogP contribution in [0.25, 0.3) is 16.8 Å². The van der Waals surface area contributed by atoms with Crippen LogP contribution in [0.1, 0.15) is 18.5 Å². The third-order valence-electron chi connectivity index (χ3n) is 5.61. The van der Waals surface area contributed by atoms with Gasteiger partial charge >= 0.3 is 0 Å². The van der Waals surface area contributed by atoms with E-state index in [-0.39, 0.29) is 18.5 Å². The van der Waals surface area contributed by atoms with Crippen LogP contribution in [0.2, 0.25) is 0 Å². The van der Waals surface area contributed by atoms with Gasteiger partial charge in [0.25, 0.3) is 5.56 Å². The Kier molecular flexibility index (Phi) is 5.62. The highest BCUT2D eigenvalue weighted by Crippen LogP contribution is 2.32. The fraction of sp³-hybridized carbons (Fsp3) is 0.250. The first kappa shape index (κ1) is 21.5. The van der Waals surface area contributed by atoms with Gasteiger partial charge in [-0.05, 0) is 55.0 Å². The highest BCUT2D eigenvalue weighted by Gasteiger charge is 2.17. The third-order valence-corrected chi connectivity index (χ3v) is 5.61. The summed E-state index contributed by atoms with van der Waals surface area (Å²) in [6.45, 7) is 2.65. The molecule has 34 heavy (non-hydrogen) atoms. The molecule has 0 aliphatic carbocycles. The minimum absolute atomic E-state index is 0.215. The van der Waals surface area contributed by atoms with Gasteiger partial charge in [-0.1, -0.05) is 6.07 Å². The molecular formula is C24H23N5O5. The topological polar surface area (TPSA) is 109 Å². The summed E-state index contributed by atoms with van der Waals surface area (Å²) in [5.74, 6) is 1.73. The number of ether oxygens (including phenoxy) is 3. The van der Waals surface area contributed by atoms with Gasteiger partial charge < -0.3 is 19.5 Å². The molecule has 0 spiro atoms. The second-order valence-corrected chi connectivity index (χ2v) is 7.87. The van der Waals surface area contributed by atoms with E-state index in [2.05, 4.69) is 15.5 Å². The molecule has 1 N–H and O–H groups in total. The number of aromatic nitrogens is 4. The van der Waals surface area contributed by atoms with Gasteiger partial charge in [-0.25, -0.2) is 9.20 Å². The highest BCUT2D eigenvalue weighted by molar-refractivity contribution is 5.76. The van der Waals surface area contributed by atoms with Gasteiger partial charge in [0, 0.05) is 5.56 Å². The molecule has 4 aromatic rings. The van der Waals surface area contributed by atoms with Crippen molar-refractivity contribution in [3.8, 4) is 28.5 Å². The number of benzene rings is 2. The fourth-order valence-electron chi connectivity index (χ4n) is 3.79. The average molecular weight is 461 g/mol. The Morgan fingerprint density at radius 1 is 1.12 bits per heavy atom. The van der Waals surface area contributed by atoms with Crippen molar-refractivity contribution in [2.45, 2.75) is 19.5 Å². The first-order chi connectivity index (χ1) is 16.5. The molecule has 2 aromatic heterocycles. The maximum absolute atomic E-state index is 12.9. The number of carbonyl (C=O) groups is 1. The van der Waals surface area contributed by atoms with E-state index in [1.807, 2.05) is 49.4 Å². The van der Waals surface area contributed by atoms with Crippen molar-refractivity contribution < 1.29 is 19.0 Å². The van der Waals surface area contributed by atoms with Gasteiger partial charge in [-0.15, -0.1) is 0 Å². The van der Waals surface area contributed by atoms with Crippen molar-refractivity contribution in [2.24, 2.45) is 0 Å². The monoisotopic (exact) mass is 461 g/mol. The molecule has 1 aliphatic rings. The predicted octanol–water partition coefficient (Wildman–Crippen LogP) is 2.22. The maximum Gasteiger partial charge on any atom is 0.293 e. The minimum Gasteiger partial charge on any atom is -0.497 e. The quantitative estimate of drug-likeness (QED) is 0.469. The summed E-state index contributed by atoms with van der Waals surface area (Å²) in [6.07, 6.45) is 1.42. The van der Waals surface area contributed by atoms with E-state index in [1.165, 1.54) is 10.8 Å². The summed E-state index contributed by atoms with van der Waals surface area (Å²) < 4.78 is 18.9. The van der Waals surface area contributed by atoms with Crippen LogP contribution in [0.5, 0.6) is 17.2 Å². The van der Waals surface area contributed by atoms with Gasteiger partial charge in [0.05, 0.1) is 18.8 Å². The van der Waals surface area contributed by atoms with Crippen molar-refractivity contribution in [3.63, 3.8) is 0 Å². The van der Waals surface area contributed by atoms with Gasteiger partial charge in [-0.2, -0.15) is 10.2 Å². The molecule has 174 valence electrons. The lowest BCUT2D eigenvalue weighted by Crippen LogP contribution is -2.35. The Balaban J connectivity index is 1.31. The molecule has 0 bridgehead atoms. The standard InChI is InChI=1S/C24H23N5O5/c1-15(17-5-8-21-22(11-17)34-10-9-33-21)26-23(30)13-28-24(31)20-12-19(27-29(20)14-25-28)16-3-6-18(32-2)7-4-16/h3-8,11-12,14-15H,9-10,13H2,1-2H3,(H,26,30)/t15-/m0/s1. The molecule has 3 heterocycles. The summed E-state index contributed by atoms with van der Waals surface area (Å²) in [5, 5.41) is 11.4. The maximum atomic E-state index is 12.9. The van der Waals surface area contributed by atoms with E-state index in [0.717, 1.165) is 21.6 Å². The average Bonchev–Trinajstić information content (AvgIpc) is 3.31. The zero-order chi connectivity index (χ0) is 23.7. The molecule has 0 unspecified atom stereocenters. The second-order valence-electron chi connectivity index (χ2n) is 7.87. The zero-order valence-electron chi connectivity index (χ0n) is 18.7. The van der Waals surface area contributed by atoms with Gasteiger partial charge in [-0.3, -0.25) is 9.59 Å². The van der Waals surface area contributed by atoms with E-state index in [1.54, 1.807) is 13.2 Å². The van der Waals surface area contributed by atoms with Crippen LogP contribution in [0.3, 0.4) is 0 Å². The van der Waals surface area contributed by atoms with Crippen molar-refractivity contribution >= 4 is 11.4 Å². The van der Waals surface area contributed by atoms with Crippen LogP contribution in [-0.4, -0.2) is 45.6 Å². The van der Waals surface area contributed by atoms with Crippen LogP contribution in [0.4, 0.5) is 0 Å². The second kappa shape index (κ2) is 8.89. The molecule has 5 rings (SSSR count). The number of methoxy groups -OCH3 is 1. The van der Waals surface area contributed by atoms with Crippen LogP contribution in [0, 0.1) is 0 Å². The Morgan fingerprint density at radius 2 is 1.88 bits per heavy atom. The van der Waals surface area contributed by atoms with Crippen molar-refractivity contribution in [3.05, 3.63) is 70.8 Å². The smallest absolute Gasteiger partial charge is 0.293 e. The lowest BCUT2D eigenvalue weighted by Gasteiger charge is -2.21. The number of nitrogens with zero attached hydrogens (tertiary/aromatic N) is 4. The molecule has 1 aliphatic heterocycles. The first-order valence-electron chi connectivity index (χ1n) is 10.8. The van der Waals surface area contributed by atoms with Crippen LogP contribution < -0.4 is 25.1 Å². The summed E-state index contributed by atoms with van der Waals surface area (Å²) >= 11 is 0. The minimum atomic E-state index is -0.406. The molecule has 2 aromatic carbocycles. The van der Waals surface area contributed by atoms with E-state index >= 15 is 0 Å². The molecule has 0 fully saturated rings. The van der Waals surface area contributed by atoms with Gasteiger partial charge in [0.1, 0.15) is 37.4 Å². The normalized spacial score (nSPS) is 13.5. The Bertz CT molecular complexity index is 1410. The van der Waals surface area contributed by atoms with E-state index < -0.39 is 5.56 Å². The number of amides is 1. The summed E-state index contributed by atoms with van der Waals surface area (Å²) in [6, 6.07) is 14.3. The molecule has 0 saturated carbocycles. The number of carbonyl (C=O) groups excluding carboxylic acids is 1. The number of nitrogens with one attached hydrogen (secondary N) is 1. The van der Waals surface area contributed by atoms with E-state index in [0.29, 0.717) is 35.9 Å².